The zero-order valence-electron chi connectivity index (χ0n) is 12.8. The summed E-state index contributed by atoms with van der Waals surface area (Å²) in [5.74, 6) is 0.687. The lowest BCUT2D eigenvalue weighted by Crippen LogP contribution is -2.35. The fourth-order valence-corrected chi connectivity index (χ4v) is 3.64. The van der Waals surface area contributed by atoms with E-state index in [1.54, 1.807) is 0 Å². The molecule has 0 radical (unpaired) electrons. The van der Waals surface area contributed by atoms with Crippen LogP contribution in [0.3, 0.4) is 0 Å². The Bertz CT molecular complexity index is 943. The molecule has 0 atom stereocenters. The Morgan fingerprint density at radius 2 is 2.26 bits per heavy atom. The molecule has 2 N–H and O–H groups in total. The van der Waals surface area contributed by atoms with E-state index in [9.17, 15) is 4.79 Å². The summed E-state index contributed by atoms with van der Waals surface area (Å²) in [7, 11) is 0. The van der Waals surface area contributed by atoms with Gasteiger partial charge >= 0.3 is 0 Å². The van der Waals surface area contributed by atoms with E-state index >= 15 is 0 Å². The Morgan fingerprint density at radius 1 is 1.39 bits per heavy atom. The normalized spacial score (nSPS) is 15.0. The van der Waals surface area contributed by atoms with Crippen LogP contribution in [0, 0.1) is 6.92 Å². The molecule has 5 nitrogen and oxygen atoms in total. The molecule has 4 rings (SSSR count). The highest BCUT2D eigenvalue weighted by molar-refractivity contribution is 9.10. The number of halogens is 1. The molecule has 6 heteroatoms. The molecule has 1 aliphatic rings. The monoisotopic (exact) mass is 372 g/mol. The molecule has 0 saturated heterocycles. The van der Waals surface area contributed by atoms with Crippen LogP contribution >= 0.6 is 15.9 Å². The van der Waals surface area contributed by atoms with Crippen LogP contribution in [0.4, 0.5) is 0 Å². The fourth-order valence-electron chi connectivity index (χ4n) is 3.28. The van der Waals surface area contributed by atoms with E-state index in [0.717, 1.165) is 47.3 Å². The Hall–Kier alpha value is -1.92. The first-order valence-corrected chi connectivity index (χ1v) is 8.46. The van der Waals surface area contributed by atoms with E-state index in [4.69, 9.17) is 0 Å². The van der Waals surface area contributed by atoms with Crippen molar-refractivity contribution in [1.82, 2.24) is 19.9 Å². The van der Waals surface area contributed by atoms with Crippen LogP contribution in [0.15, 0.2) is 33.7 Å². The third-order valence-corrected chi connectivity index (χ3v) is 4.89. The number of fused-ring (bicyclic) bond motifs is 2. The van der Waals surface area contributed by atoms with Crippen molar-refractivity contribution >= 4 is 26.8 Å². The smallest absolute Gasteiger partial charge is 0.254 e. The zero-order chi connectivity index (χ0) is 16.0. The first kappa shape index (κ1) is 14.7. The molecule has 0 spiro atoms. The summed E-state index contributed by atoms with van der Waals surface area (Å²) in [6.07, 6.45) is 2.83. The average Bonchev–Trinajstić information content (AvgIpc) is 2.89. The number of hydrogen-bond acceptors (Lipinski definition) is 3. The number of nitrogens with zero attached hydrogens (tertiary/aromatic N) is 2. The lowest BCUT2D eigenvalue weighted by molar-refractivity contribution is 0.241. The topological polar surface area (TPSA) is 64.8 Å². The molecule has 0 fully saturated rings. The lowest BCUT2D eigenvalue weighted by Gasteiger charge is -2.27. The fraction of sp³-hybridized carbons (Fsp3) is 0.294. The predicted molar refractivity (Wildman–Crippen MR) is 93.4 cm³/mol. The minimum Gasteiger partial charge on any atom is -0.361 e. The van der Waals surface area contributed by atoms with Gasteiger partial charge in [-0.15, -0.1) is 0 Å². The summed E-state index contributed by atoms with van der Waals surface area (Å²) in [6, 6.07) is 6.27. The number of hydrogen-bond donors (Lipinski definition) is 2. The number of aryl methyl sites for hydroxylation is 1. The zero-order valence-corrected chi connectivity index (χ0v) is 14.4. The molecule has 3 heterocycles. The van der Waals surface area contributed by atoms with Crippen molar-refractivity contribution in [2.75, 3.05) is 6.54 Å². The second kappa shape index (κ2) is 5.62. The molecular formula is C17H17BrN4O. The predicted octanol–water partition coefficient (Wildman–Crippen LogP) is 2.88. The van der Waals surface area contributed by atoms with Gasteiger partial charge in [-0.05, 0) is 37.1 Å². The van der Waals surface area contributed by atoms with Crippen molar-refractivity contribution in [3.05, 3.63) is 61.9 Å². The molecular weight excluding hydrogens is 356 g/mol. The number of aromatic nitrogens is 3. The van der Waals surface area contributed by atoms with Crippen molar-refractivity contribution in [3.8, 4) is 0 Å². The average molecular weight is 373 g/mol. The second-order valence-corrected chi connectivity index (χ2v) is 6.96. The van der Waals surface area contributed by atoms with E-state index in [-0.39, 0.29) is 5.56 Å². The Labute approximate surface area is 141 Å². The van der Waals surface area contributed by atoms with Crippen molar-refractivity contribution in [2.24, 2.45) is 0 Å². The molecule has 0 unspecified atom stereocenters. The van der Waals surface area contributed by atoms with E-state index in [1.807, 2.05) is 13.0 Å². The molecule has 0 aliphatic carbocycles. The molecule has 0 saturated carbocycles. The summed E-state index contributed by atoms with van der Waals surface area (Å²) in [6.45, 7) is 4.28. The van der Waals surface area contributed by atoms with E-state index in [0.29, 0.717) is 5.82 Å². The van der Waals surface area contributed by atoms with Gasteiger partial charge in [-0.2, -0.15) is 0 Å². The van der Waals surface area contributed by atoms with Gasteiger partial charge in [0.25, 0.3) is 5.56 Å². The van der Waals surface area contributed by atoms with Crippen molar-refractivity contribution in [3.63, 3.8) is 0 Å². The van der Waals surface area contributed by atoms with E-state index in [2.05, 4.69) is 54.1 Å². The van der Waals surface area contributed by atoms with Crippen LogP contribution in [0.2, 0.25) is 0 Å². The van der Waals surface area contributed by atoms with Gasteiger partial charge in [-0.3, -0.25) is 9.69 Å². The van der Waals surface area contributed by atoms with Crippen molar-refractivity contribution < 1.29 is 0 Å². The van der Waals surface area contributed by atoms with E-state index < -0.39 is 0 Å². The number of rotatable bonds is 2. The van der Waals surface area contributed by atoms with Crippen LogP contribution in [0.5, 0.6) is 0 Å². The summed E-state index contributed by atoms with van der Waals surface area (Å²) in [5, 5.41) is 1.24. The number of nitrogens with one attached hydrogen (secondary N) is 2. The Balaban J connectivity index is 1.62. The minimum absolute atomic E-state index is 0.0168. The SMILES string of the molecule is Cc1nc2c(c(=O)[nH]1)CCN(Cc1c[nH]c3ccc(Br)cc13)C2. The standard InChI is InChI=1S/C17H17BrN4O/c1-10-20-16-9-22(5-4-13(16)17(23)21-10)8-11-7-19-15-3-2-12(18)6-14(11)15/h2-3,6-7,19H,4-5,8-9H2,1H3,(H,20,21,23). The maximum absolute atomic E-state index is 12.0. The van der Waals surface area contributed by atoms with Crippen LogP contribution in [0.25, 0.3) is 10.9 Å². The van der Waals surface area contributed by atoms with Crippen molar-refractivity contribution in [1.29, 1.82) is 0 Å². The minimum atomic E-state index is 0.0168. The molecule has 1 aromatic carbocycles. The van der Waals surface area contributed by atoms with Gasteiger partial charge in [0.05, 0.1) is 5.69 Å². The maximum atomic E-state index is 12.0. The molecule has 2 aromatic heterocycles. The highest BCUT2D eigenvalue weighted by Gasteiger charge is 2.21. The quantitative estimate of drug-likeness (QED) is 0.726. The summed E-state index contributed by atoms with van der Waals surface area (Å²) in [5.41, 5.74) is 4.19. The largest absolute Gasteiger partial charge is 0.361 e. The summed E-state index contributed by atoms with van der Waals surface area (Å²) >= 11 is 3.54. The maximum Gasteiger partial charge on any atom is 0.254 e. The van der Waals surface area contributed by atoms with Gasteiger partial charge in [0.1, 0.15) is 5.82 Å². The number of benzene rings is 1. The van der Waals surface area contributed by atoms with Gasteiger partial charge in [0.15, 0.2) is 0 Å². The first-order chi connectivity index (χ1) is 11.1. The van der Waals surface area contributed by atoms with E-state index in [1.165, 1.54) is 10.9 Å². The molecule has 0 bridgehead atoms. The highest BCUT2D eigenvalue weighted by atomic mass is 79.9. The number of H-pyrrole nitrogens is 2. The highest BCUT2D eigenvalue weighted by Crippen LogP contribution is 2.25. The van der Waals surface area contributed by atoms with Gasteiger partial charge in [0, 0.05) is 46.8 Å². The molecule has 1 aliphatic heterocycles. The molecule has 118 valence electrons. The van der Waals surface area contributed by atoms with Gasteiger partial charge in [0.2, 0.25) is 0 Å². The second-order valence-electron chi connectivity index (χ2n) is 6.04. The first-order valence-electron chi connectivity index (χ1n) is 7.67. The van der Waals surface area contributed by atoms with Crippen LogP contribution in [-0.4, -0.2) is 26.4 Å². The molecule has 0 amide bonds. The van der Waals surface area contributed by atoms with Crippen LogP contribution in [0.1, 0.15) is 22.6 Å². The third-order valence-electron chi connectivity index (χ3n) is 4.39. The van der Waals surface area contributed by atoms with Gasteiger partial charge < -0.3 is 9.97 Å². The van der Waals surface area contributed by atoms with Crippen LogP contribution in [-0.2, 0) is 19.5 Å². The lowest BCUT2D eigenvalue weighted by atomic mass is 10.1. The van der Waals surface area contributed by atoms with Gasteiger partial charge in [-0.1, -0.05) is 15.9 Å². The van der Waals surface area contributed by atoms with Crippen molar-refractivity contribution in [2.45, 2.75) is 26.4 Å². The Kier molecular flexibility index (Phi) is 3.58. The summed E-state index contributed by atoms with van der Waals surface area (Å²) < 4.78 is 1.08. The summed E-state index contributed by atoms with van der Waals surface area (Å²) in [4.78, 5) is 25.0. The van der Waals surface area contributed by atoms with Gasteiger partial charge in [-0.25, -0.2) is 4.98 Å². The Morgan fingerprint density at radius 3 is 3.13 bits per heavy atom. The number of aromatic amines is 2. The van der Waals surface area contributed by atoms with Crippen LogP contribution < -0.4 is 5.56 Å². The molecule has 3 aromatic rings. The third kappa shape index (κ3) is 2.72. The molecule has 23 heavy (non-hydrogen) atoms.